The fraction of sp³-hybridized carbons (Fsp3) is 0.875. The number of carbonyl (C=O) groups excluding carboxylic acids is 1. The molecule has 2 aliphatic heterocycles. The maximum absolute atomic E-state index is 11.5. The van der Waals surface area contributed by atoms with E-state index in [2.05, 4.69) is 16.7 Å². The summed E-state index contributed by atoms with van der Waals surface area (Å²) < 4.78 is 37.9. The summed E-state index contributed by atoms with van der Waals surface area (Å²) in [7, 11) is 3.55. The minimum atomic E-state index is -5.08. The fourth-order valence-electron chi connectivity index (χ4n) is 3.15. The Kier molecular flexibility index (Phi) is 6.84. The average Bonchev–Trinajstić information content (AvgIpc) is 2.86. The number of likely N-dealkylation sites (N-methyl/N-ethyl adjacent to an activating group) is 1. The van der Waals surface area contributed by atoms with Crippen LogP contribution in [0.1, 0.15) is 25.7 Å². The molecule has 26 heavy (non-hydrogen) atoms. The maximum Gasteiger partial charge on any atom is 0.490 e. The van der Waals surface area contributed by atoms with Gasteiger partial charge in [-0.15, -0.1) is 11.8 Å². The van der Waals surface area contributed by atoms with Gasteiger partial charge in [0, 0.05) is 43.7 Å². The second-order valence-corrected chi connectivity index (χ2v) is 8.70. The highest BCUT2D eigenvalue weighted by atomic mass is 32.2. The number of hydrogen-bond acceptors (Lipinski definition) is 5. The Labute approximate surface area is 155 Å². The predicted molar refractivity (Wildman–Crippen MR) is 91.1 cm³/mol. The molecular formula is C16H25F3N2O4S. The Balaban J connectivity index is 0.000000298. The van der Waals surface area contributed by atoms with Crippen LogP contribution in [-0.4, -0.2) is 89.4 Å². The molecule has 0 radical (unpaired) electrons. The van der Waals surface area contributed by atoms with E-state index in [1.807, 2.05) is 0 Å². The number of ether oxygens (including phenoxy) is 1. The number of carbonyl (C=O) groups is 2. The van der Waals surface area contributed by atoms with Crippen molar-refractivity contribution in [3.8, 4) is 0 Å². The lowest BCUT2D eigenvalue weighted by atomic mass is 9.84. The maximum atomic E-state index is 11.5. The molecule has 1 aliphatic carbocycles. The number of alkyl halides is 3. The molecule has 150 valence electrons. The molecule has 1 spiro atoms. The van der Waals surface area contributed by atoms with Crippen molar-refractivity contribution in [2.75, 3.05) is 39.5 Å². The lowest BCUT2D eigenvalue weighted by Crippen LogP contribution is -2.63. The predicted octanol–water partition coefficient (Wildman–Crippen LogP) is 1.84. The van der Waals surface area contributed by atoms with Crippen molar-refractivity contribution >= 4 is 23.6 Å². The second-order valence-electron chi connectivity index (χ2n) is 7.21. The van der Waals surface area contributed by atoms with Crippen molar-refractivity contribution in [1.29, 1.82) is 0 Å². The van der Waals surface area contributed by atoms with Crippen molar-refractivity contribution in [1.82, 2.24) is 9.80 Å². The minimum Gasteiger partial charge on any atom is -0.475 e. The molecule has 1 amide bonds. The first-order valence-corrected chi connectivity index (χ1v) is 9.51. The van der Waals surface area contributed by atoms with Crippen LogP contribution in [0.4, 0.5) is 13.2 Å². The van der Waals surface area contributed by atoms with E-state index in [9.17, 15) is 18.0 Å². The van der Waals surface area contributed by atoms with Gasteiger partial charge in [-0.2, -0.15) is 13.2 Å². The molecular weight excluding hydrogens is 373 g/mol. The first kappa shape index (κ1) is 21.3. The molecule has 10 heteroatoms. The van der Waals surface area contributed by atoms with E-state index in [4.69, 9.17) is 14.6 Å². The van der Waals surface area contributed by atoms with Crippen LogP contribution in [0.3, 0.4) is 0 Å². The van der Waals surface area contributed by atoms with Crippen LogP contribution in [0.15, 0.2) is 0 Å². The van der Waals surface area contributed by atoms with Crippen molar-refractivity contribution in [3.63, 3.8) is 0 Å². The van der Waals surface area contributed by atoms with Gasteiger partial charge in [0.1, 0.15) is 6.61 Å². The molecule has 3 rings (SSSR count). The molecule has 3 fully saturated rings. The highest BCUT2D eigenvalue weighted by Gasteiger charge is 2.51. The molecule has 2 saturated heterocycles. The summed E-state index contributed by atoms with van der Waals surface area (Å²) in [5, 5.41) is 7.12. The van der Waals surface area contributed by atoms with E-state index in [1.165, 1.54) is 32.4 Å². The zero-order valence-electron chi connectivity index (χ0n) is 14.9. The quantitative estimate of drug-likeness (QED) is 0.779. The normalized spacial score (nSPS) is 25.0. The zero-order chi connectivity index (χ0) is 19.5. The van der Waals surface area contributed by atoms with Crippen molar-refractivity contribution in [2.45, 2.75) is 48.8 Å². The Hall–Kier alpha value is -1.00. The smallest absolute Gasteiger partial charge is 0.475 e. The topological polar surface area (TPSA) is 70.1 Å². The summed E-state index contributed by atoms with van der Waals surface area (Å²) in [4.78, 5) is 24.7. The van der Waals surface area contributed by atoms with Crippen LogP contribution in [0.5, 0.6) is 0 Å². The number of nitrogens with zero attached hydrogens (tertiary/aromatic N) is 2. The van der Waals surface area contributed by atoms with Gasteiger partial charge in [0.15, 0.2) is 0 Å². The van der Waals surface area contributed by atoms with Gasteiger partial charge >= 0.3 is 12.1 Å². The SMILES string of the molecule is CN(C)C(=O)COC1CSC2(C1)CN(C1CCC1)C2.O=C(O)C(F)(F)F. The molecule has 6 nitrogen and oxygen atoms in total. The number of rotatable bonds is 4. The van der Waals surface area contributed by atoms with Crippen LogP contribution in [0.2, 0.25) is 0 Å². The first-order valence-electron chi connectivity index (χ1n) is 8.52. The van der Waals surface area contributed by atoms with E-state index >= 15 is 0 Å². The molecule has 1 saturated carbocycles. The zero-order valence-corrected chi connectivity index (χ0v) is 15.7. The standard InChI is InChI=1S/C14H24N2O2S.C2HF3O2/c1-15(2)13(17)7-18-12-6-14(19-8-12)9-16(10-14)11-4-3-5-11;3-2(4,5)1(6)7/h11-12H,3-10H2,1-2H3;(H,6,7). The molecule has 2 heterocycles. The van der Waals surface area contributed by atoms with Crippen molar-refractivity contribution < 1.29 is 32.6 Å². The number of carboxylic acid groups (broad SMARTS) is 1. The second kappa shape index (κ2) is 8.35. The number of hydrogen-bond donors (Lipinski definition) is 1. The van der Waals surface area contributed by atoms with Crippen LogP contribution < -0.4 is 0 Å². The van der Waals surface area contributed by atoms with E-state index in [-0.39, 0.29) is 18.6 Å². The third-order valence-corrected chi connectivity index (χ3v) is 6.51. The Bertz CT molecular complexity index is 520. The minimum absolute atomic E-state index is 0.0654. The van der Waals surface area contributed by atoms with Gasteiger partial charge in [0.25, 0.3) is 0 Å². The fourth-order valence-corrected chi connectivity index (χ4v) is 4.72. The van der Waals surface area contributed by atoms with Crippen LogP contribution in [-0.2, 0) is 14.3 Å². The number of likely N-dealkylation sites (tertiary alicyclic amines) is 1. The third-order valence-electron chi connectivity index (χ3n) is 4.93. The molecule has 0 bridgehead atoms. The number of thioether (sulfide) groups is 1. The lowest BCUT2D eigenvalue weighted by molar-refractivity contribution is -0.192. The summed E-state index contributed by atoms with van der Waals surface area (Å²) in [6.45, 7) is 2.72. The molecule has 1 unspecified atom stereocenters. The summed E-state index contributed by atoms with van der Waals surface area (Å²) in [6.07, 6.45) is 0.537. The Morgan fingerprint density at radius 3 is 2.31 bits per heavy atom. The number of aliphatic carboxylic acids is 1. The third kappa shape index (κ3) is 5.50. The van der Waals surface area contributed by atoms with Crippen LogP contribution in [0.25, 0.3) is 0 Å². The van der Waals surface area contributed by atoms with Crippen LogP contribution >= 0.6 is 11.8 Å². The van der Waals surface area contributed by atoms with Gasteiger partial charge in [0.05, 0.1) is 6.10 Å². The van der Waals surface area contributed by atoms with Crippen LogP contribution in [0, 0.1) is 0 Å². The highest BCUT2D eigenvalue weighted by molar-refractivity contribution is 8.01. The summed E-state index contributed by atoms with van der Waals surface area (Å²) >= 11 is 2.06. The molecule has 0 aromatic rings. The highest BCUT2D eigenvalue weighted by Crippen LogP contribution is 2.48. The molecule has 0 aromatic heterocycles. The molecule has 1 atom stereocenters. The molecule has 3 aliphatic rings. The van der Waals surface area contributed by atoms with Gasteiger partial charge in [-0.1, -0.05) is 6.42 Å². The molecule has 1 N–H and O–H groups in total. The lowest BCUT2D eigenvalue weighted by Gasteiger charge is -2.53. The van der Waals surface area contributed by atoms with Gasteiger partial charge in [0.2, 0.25) is 5.91 Å². The Morgan fingerprint density at radius 1 is 1.31 bits per heavy atom. The summed E-state index contributed by atoms with van der Waals surface area (Å²) in [5.74, 6) is -1.64. The van der Waals surface area contributed by atoms with Gasteiger partial charge < -0.3 is 14.7 Å². The first-order chi connectivity index (χ1) is 12.0. The van der Waals surface area contributed by atoms with Gasteiger partial charge in [-0.3, -0.25) is 9.69 Å². The van der Waals surface area contributed by atoms with E-state index in [0.717, 1.165) is 18.2 Å². The number of amides is 1. The largest absolute Gasteiger partial charge is 0.490 e. The monoisotopic (exact) mass is 398 g/mol. The van der Waals surface area contributed by atoms with E-state index < -0.39 is 12.1 Å². The van der Waals surface area contributed by atoms with Crippen molar-refractivity contribution in [3.05, 3.63) is 0 Å². The Morgan fingerprint density at radius 2 is 1.88 bits per heavy atom. The average molecular weight is 398 g/mol. The van der Waals surface area contributed by atoms with Gasteiger partial charge in [-0.05, 0) is 19.3 Å². The number of halogens is 3. The number of carboxylic acids is 1. The van der Waals surface area contributed by atoms with Crippen molar-refractivity contribution in [2.24, 2.45) is 0 Å². The summed E-state index contributed by atoms with van der Waals surface area (Å²) in [6, 6.07) is 0.876. The molecule has 0 aromatic carbocycles. The van der Waals surface area contributed by atoms with E-state index in [0.29, 0.717) is 4.75 Å². The van der Waals surface area contributed by atoms with E-state index in [1.54, 1.807) is 19.0 Å². The summed E-state index contributed by atoms with van der Waals surface area (Å²) in [5.41, 5.74) is 0. The van der Waals surface area contributed by atoms with Gasteiger partial charge in [-0.25, -0.2) is 4.79 Å².